The number of nitrogens with one attached hydrogen (secondary N) is 1. The first-order valence-corrected chi connectivity index (χ1v) is 6.99. The van der Waals surface area contributed by atoms with Crippen LogP contribution in [0.5, 0.6) is 5.75 Å². The summed E-state index contributed by atoms with van der Waals surface area (Å²) in [4.78, 5) is 22.5. The summed E-state index contributed by atoms with van der Waals surface area (Å²) in [7, 11) is 0. The molecule has 0 heterocycles. The number of hydrogen-bond donors (Lipinski definition) is 2. The van der Waals surface area contributed by atoms with Crippen molar-refractivity contribution < 1.29 is 28.2 Å². The zero-order valence-electron chi connectivity index (χ0n) is 11.9. The van der Waals surface area contributed by atoms with E-state index in [2.05, 4.69) is 5.32 Å². The maximum absolute atomic E-state index is 13.1. The highest BCUT2D eigenvalue weighted by molar-refractivity contribution is 5.92. The van der Waals surface area contributed by atoms with Gasteiger partial charge in [-0.2, -0.15) is 0 Å². The average Bonchev–Trinajstić information content (AvgIpc) is 2.45. The number of benzene rings is 1. The van der Waals surface area contributed by atoms with Crippen molar-refractivity contribution in [2.24, 2.45) is 5.92 Å². The van der Waals surface area contributed by atoms with Gasteiger partial charge in [-0.1, -0.05) is 6.07 Å². The molecule has 1 fully saturated rings. The molecule has 1 aromatic rings. The molecule has 0 spiro atoms. The lowest BCUT2D eigenvalue weighted by atomic mass is 9.86. The Morgan fingerprint density at radius 3 is 2.64 bits per heavy atom. The molecular formula is C15H17F2NO4. The van der Waals surface area contributed by atoms with Gasteiger partial charge < -0.3 is 15.2 Å². The Morgan fingerprint density at radius 2 is 2.00 bits per heavy atom. The number of alkyl halides is 2. The number of carbonyl (C=O) groups excluding carboxylic acids is 1. The van der Waals surface area contributed by atoms with Crippen LogP contribution in [0.2, 0.25) is 0 Å². The molecule has 0 aromatic heterocycles. The topological polar surface area (TPSA) is 75.6 Å². The first kappa shape index (κ1) is 16.2. The Morgan fingerprint density at radius 1 is 1.32 bits per heavy atom. The highest BCUT2D eigenvalue weighted by Crippen LogP contribution is 2.36. The van der Waals surface area contributed by atoms with Crippen LogP contribution in [-0.4, -0.2) is 29.5 Å². The number of carboxylic acids is 1. The Balaban J connectivity index is 1.91. The first-order chi connectivity index (χ1) is 10.4. The minimum Gasteiger partial charge on any atom is -0.482 e. The van der Waals surface area contributed by atoms with E-state index in [1.165, 1.54) is 6.07 Å². The second-order valence-electron chi connectivity index (χ2n) is 5.33. The number of carboxylic acid groups (broad SMARTS) is 1. The highest BCUT2D eigenvalue weighted by atomic mass is 19.3. The van der Waals surface area contributed by atoms with E-state index in [0.717, 1.165) is 0 Å². The van der Waals surface area contributed by atoms with Crippen LogP contribution in [-0.2, 0) is 9.59 Å². The lowest BCUT2D eigenvalue weighted by Gasteiger charge is -2.27. The van der Waals surface area contributed by atoms with Crippen LogP contribution < -0.4 is 10.1 Å². The summed E-state index contributed by atoms with van der Waals surface area (Å²) in [6, 6.07) is 6.31. The van der Waals surface area contributed by atoms with E-state index in [4.69, 9.17) is 9.84 Å². The van der Waals surface area contributed by atoms with Crippen molar-refractivity contribution in [3.63, 3.8) is 0 Å². The summed E-state index contributed by atoms with van der Waals surface area (Å²) in [5.41, 5.74) is 0.449. The van der Waals surface area contributed by atoms with Crippen molar-refractivity contribution in [2.45, 2.75) is 31.6 Å². The van der Waals surface area contributed by atoms with Crippen LogP contribution in [0, 0.1) is 5.92 Å². The molecule has 7 heteroatoms. The Kier molecular flexibility index (Phi) is 4.95. The van der Waals surface area contributed by atoms with Gasteiger partial charge in [0, 0.05) is 30.5 Å². The minimum absolute atomic E-state index is 0.161. The molecule has 0 atom stereocenters. The summed E-state index contributed by atoms with van der Waals surface area (Å²) < 4.78 is 31.2. The fraction of sp³-hybridized carbons (Fsp3) is 0.467. The van der Waals surface area contributed by atoms with Gasteiger partial charge in [0.05, 0.1) is 0 Å². The van der Waals surface area contributed by atoms with Gasteiger partial charge in [0.2, 0.25) is 11.8 Å². The molecule has 0 saturated heterocycles. The van der Waals surface area contributed by atoms with E-state index in [-0.39, 0.29) is 31.6 Å². The molecule has 0 bridgehead atoms. The number of ether oxygens (including phenoxy) is 1. The van der Waals surface area contributed by atoms with Crippen molar-refractivity contribution >= 4 is 17.6 Å². The van der Waals surface area contributed by atoms with Gasteiger partial charge >= 0.3 is 5.97 Å². The number of anilines is 1. The highest BCUT2D eigenvalue weighted by Gasteiger charge is 2.37. The van der Waals surface area contributed by atoms with Gasteiger partial charge in [-0.15, -0.1) is 0 Å². The van der Waals surface area contributed by atoms with E-state index in [0.29, 0.717) is 11.4 Å². The third kappa shape index (κ3) is 4.68. The largest absolute Gasteiger partial charge is 0.482 e. The van der Waals surface area contributed by atoms with Gasteiger partial charge in [0.1, 0.15) is 5.75 Å². The Bertz CT molecular complexity index is 552. The molecular weight excluding hydrogens is 296 g/mol. The predicted molar refractivity (Wildman–Crippen MR) is 75.1 cm³/mol. The lowest BCUT2D eigenvalue weighted by Crippen LogP contribution is -2.31. The van der Waals surface area contributed by atoms with E-state index in [1.807, 2.05) is 0 Å². The summed E-state index contributed by atoms with van der Waals surface area (Å²) in [5.74, 6) is -4.18. The zero-order chi connectivity index (χ0) is 16.2. The number of carbonyl (C=O) groups is 2. The van der Waals surface area contributed by atoms with Crippen molar-refractivity contribution in [3.05, 3.63) is 24.3 Å². The van der Waals surface area contributed by atoms with E-state index in [1.54, 1.807) is 18.2 Å². The van der Waals surface area contributed by atoms with Crippen molar-refractivity contribution in [1.82, 2.24) is 0 Å². The van der Waals surface area contributed by atoms with Gasteiger partial charge in [0.25, 0.3) is 0 Å². The van der Waals surface area contributed by atoms with Gasteiger partial charge in [-0.25, -0.2) is 13.6 Å². The van der Waals surface area contributed by atoms with Crippen molar-refractivity contribution in [1.29, 1.82) is 0 Å². The quantitative estimate of drug-likeness (QED) is 0.876. The second-order valence-corrected chi connectivity index (χ2v) is 5.33. The van der Waals surface area contributed by atoms with Crippen LogP contribution in [0.3, 0.4) is 0 Å². The average molecular weight is 313 g/mol. The number of rotatable bonds is 5. The van der Waals surface area contributed by atoms with Crippen LogP contribution in [0.4, 0.5) is 14.5 Å². The monoisotopic (exact) mass is 313 g/mol. The molecule has 1 amide bonds. The molecule has 1 aromatic carbocycles. The van der Waals surface area contributed by atoms with Crippen molar-refractivity contribution in [3.8, 4) is 5.75 Å². The van der Waals surface area contributed by atoms with Crippen LogP contribution in [0.1, 0.15) is 25.7 Å². The molecule has 5 nitrogen and oxygen atoms in total. The summed E-state index contributed by atoms with van der Waals surface area (Å²) in [5, 5.41) is 11.2. The van der Waals surface area contributed by atoms with Gasteiger partial charge in [0.15, 0.2) is 6.61 Å². The molecule has 0 aliphatic heterocycles. The van der Waals surface area contributed by atoms with E-state index >= 15 is 0 Å². The maximum atomic E-state index is 13.1. The molecule has 0 radical (unpaired) electrons. The smallest absolute Gasteiger partial charge is 0.341 e. The molecule has 120 valence electrons. The molecule has 2 rings (SSSR count). The number of hydrogen-bond acceptors (Lipinski definition) is 3. The predicted octanol–water partition coefficient (Wildman–Crippen LogP) is 2.91. The van der Waals surface area contributed by atoms with E-state index < -0.39 is 24.4 Å². The molecule has 22 heavy (non-hydrogen) atoms. The Hall–Kier alpha value is -2.18. The standard InChI is InChI=1S/C15H17F2NO4/c16-15(17)6-4-10(5-7-15)14(21)18-11-2-1-3-12(8-11)22-9-13(19)20/h1-3,8,10H,4-7,9H2,(H,18,21)(H,19,20). The minimum atomic E-state index is -2.67. The van der Waals surface area contributed by atoms with Crippen LogP contribution in [0.15, 0.2) is 24.3 Å². The maximum Gasteiger partial charge on any atom is 0.341 e. The fourth-order valence-corrected chi connectivity index (χ4v) is 2.36. The second kappa shape index (κ2) is 6.72. The number of aliphatic carboxylic acids is 1. The summed E-state index contributed by atoms with van der Waals surface area (Å²) >= 11 is 0. The van der Waals surface area contributed by atoms with Crippen molar-refractivity contribution in [2.75, 3.05) is 11.9 Å². The van der Waals surface area contributed by atoms with Gasteiger partial charge in [-0.05, 0) is 25.0 Å². The third-order valence-corrected chi connectivity index (χ3v) is 3.55. The van der Waals surface area contributed by atoms with E-state index in [9.17, 15) is 18.4 Å². The van der Waals surface area contributed by atoms with Crippen LogP contribution in [0.25, 0.3) is 0 Å². The summed E-state index contributed by atoms with van der Waals surface area (Å²) in [6.07, 6.45) is -0.220. The van der Waals surface area contributed by atoms with Crippen LogP contribution >= 0.6 is 0 Å². The molecule has 1 aliphatic rings. The number of halogens is 2. The first-order valence-electron chi connectivity index (χ1n) is 6.99. The Labute approximate surface area is 126 Å². The number of amides is 1. The van der Waals surface area contributed by atoms with Gasteiger partial charge in [-0.3, -0.25) is 4.79 Å². The lowest BCUT2D eigenvalue weighted by molar-refractivity contribution is -0.139. The molecule has 1 saturated carbocycles. The third-order valence-electron chi connectivity index (χ3n) is 3.55. The fourth-order valence-electron chi connectivity index (χ4n) is 2.36. The zero-order valence-corrected chi connectivity index (χ0v) is 11.9. The molecule has 1 aliphatic carbocycles. The molecule has 2 N–H and O–H groups in total. The summed E-state index contributed by atoms with van der Waals surface area (Å²) in [6.45, 7) is -0.477. The SMILES string of the molecule is O=C(O)COc1cccc(NC(=O)C2CCC(F)(F)CC2)c1. The normalized spacial score (nSPS) is 17.7. The molecule has 0 unspecified atom stereocenters.